The molecule has 2 rings (SSSR count). The average Bonchev–Trinajstić information content (AvgIpc) is 2.38. The summed E-state index contributed by atoms with van der Waals surface area (Å²) in [4.78, 5) is 0. The zero-order chi connectivity index (χ0) is 13.7. The molecule has 0 aliphatic carbocycles. The number of nitrogens with two attached hydrogens (primary N) is 1. The van der Waals surface area contributed by atoms with Crippen molar-refractivity contribution in [3.8, 4) is 11.8 Å². The second-order valence-corrected chi connectivity index (χ2v) is 5.33. The van der Waals surface area contributed by atoms with Gasteiger partial charge in [-0.25, -0.2) is 0 Å². The lowest BCUT2D eigenvalue weighted by Gasteiger charge is -2.07. The van der Waals surface area contributed by atoms with Gasteiger partial charge in [0.15, 0.2) is 0 Å². The lowest BCUT2D eigenvalue weighted by molar-refractivity contribution is 0.680. The van der Waals surface area contributed by atoms with Crippen LogP contribution < -0.4 is 5.73 Å². The lowest BCUT2D eigenvalue weighted by atomic mass is 10.0. The summed E-state index contributed by atoms with van der Waals surface area (Å²) in [6, 6.07) is 18.8. The molecule has 96 valence electrons. The van der Waals surface area contributed by atoms with Gasteiger partial charge >= 0.3 is 0 Å². The summed E-state index contributed by atoms with van der Waals surface area (Å²) >= 11 is 0. The highest BCUT2D eigenvalue weighted by atomic mass is 14.7. The van der Waals surface area contributed by atoms with Crippen LogP contribution in [0.5, 0.6) is 0 Å². The highest BCUT2D eigenvalue weighted by Gasteiger charge is 2.03. The van der Waals surface area contributed by atoms with Gasteiger partial charge in [-0.15, -0.1) is 0 Å². The highest BCUT2D eigenvalue weighted by molar-refractivity contribution is 5.39. The maximum atomic E-state index is 5.84. The molecule has 0 fully saturated rings. The van der Waals surface area contributed by atoms with Crippen molar-refractivity contribution in [3.05, 3.63) is 71.3 Å². The van der Waals surface area contributed by atoms with Crippen LogP contribution in [0.25, 0.3) is 0 Å². The Morgan fingerprint density at radius 3 is 2.05 bits per heavy atom. The molecule has 0 saturated heterocycles. The summed E-state index contributed by atoms with van der Waals surface area (Å²) in [5.41, 5.74) is 9.03. The van der Waals surface area contributed by atoms with E-state index in [1.165, 1.54) is 11.1 Å². The Labute approximate surface area is 115 Å². The summed E-state index contributed by atoms with van der Waals surface area (Å²) in [5, 5.41) is 0. The fraction of sp³-hybridized carbons (Fsp3) is 0.222. The summed E-state index contributed by atoms with van der Waals surface area (Å²) in [6.07, 6.45) is 0.955. The van der Waals surface area contributed by atoms with Gasteiger partial charge in [0.1, 0.15) is 0 Å². The third kappa shape index (κ3) is 4.62. The fourth-order valence-electron chi connectivity index (χ4n) is 1.77. The van der Waals surface area contributed by atoms with E-state index in [0.29, 0.717) is 0 Å². The minimum Gasteiger partial charge on any atom is -0.316 e. The van der Waals surface area contributed by atoms with Gasteiger partial charge in [-0.1, -0.05) is 54.3 Å². The van der Waals surface area contributed by atoms with E-state index in [0.717, 1.165) is 12.0 Å². The first kappa shape index (κ1) is 13.4. The number of hydrogen-bond donors (Lipinski definition) is 1. The molecule has 0 bridgehead atoms. The maximum Gasteiger partial charge on any atom is 0.0722 e. The Hall–Kier alpha value is -2.04. The predicted molar refractivity (Wildman–Crippen MR) is 80.8 cm³/mol. The zero-order valence-corrected chi connectivity index (χ0v) is 11.5. The molecule has 0 atom stereocenters. The smallest absolute Gasteiger partial charge is 0.0722 e. The van der Waals surface area contributed by atoms with Crippen molar-refractivity contribution in [2.24, 2.45) is 5.73 Å². The van der Waals surface area contributed by atoms with Crippen molar-refractivity contribution >= 4 is 0 Å². The Morgan fingerprint density at radius 2 is 1.47 bits per heavy atom. The first-order chi connectivity index (χ1) is 9.03. The Morgan fingerprint density at radius 1 is 0.895 bits per heavy atom. The quantitative estimate of drug-likeness (QED) is 0.811. The molecular weight excluding hydrogens is 230 g/mol. The van der Waals surface area contributed by atoms with Gasteiger partial charge in [-0.05, 0) is 43.5 Å². The first-order valence-corrected chi connectivity index (χ1v) is 6.48. The summed E-state index contributed by atoms with van der Waals surface area (Å²) in [5.74, 6) is 6.14. The van der Waals surface area contributed by atoms with E-state index in [9.17, 15) is 0 Å². The molecule has 0 aliphatic rings. The Kier molecular flexibility index (Phi) is 4.04. The molecule has 0 radical (unpaired) electrons. The van der Waals surface area contributed by atoms with Gasteiger partial charge in [-0.2, -0.15) is 0 Å². The van der Waals surface area contributed by atoms with Crippen LogP contribution in [0.2, 0.25) is 0 Å². The number of benzene rings is 2. The van der Waals surface area contributed by atoms with Crippen LogP contribution in [0.4, 0.5) is 0 Å². The average molecular weight is 249 g/mol. The molecule has 0 amide bonds. The summed E-state index contributed by atoms with van der Waals surface area (Å²) in [6.45, 7) is 3.81. The van der Waals surface area contributed by atoms with Crippen LogP contribution in [0.1, 0.15) is 30.5 Å². The van der Waals surface area contributed by atoms with Crippen LogP contribution in [-0.4, -0.2) is 5.54 Å². The third-order valence-electron chi connectivity index (χ3n) is 2.73. The lowest BCUT2D eigenvalue weighted by Crippen LogP contribution is -2.29. The van der Waals surface area contributed by atoms with Crippen LogP contribution in [-0.2, 0) is 6.42 Å². The molecule has 1 heteroatoms. The SMILES string of the molecule is CC(C)(N)C#Cc1ccc(Cc2ccccc2)cc1. The fourth-order valence-corrected chi connectivity index (χ4v) is 1.77. The molecule has 2 aromatic carbocycles. The first-order valence-electron chi connectivity index (χ1n) is 6.48. The van der Waals surface area contributed by atoms with Gasteiger partial charge in [0.25, 0.3) is 0 Å². The zero-order valence-electron chi connectivity index (χ0n) is 11.5. The van der Waals surface area contributed by atoms with Crippen molar-refractivity contribution < 1.29 is 0 Å². The van der Waals surface area contributed by atoms with E-state index >= 15 is 0 Å². The van der Waals surface area contributed by atoms with Gasteiger partial charge in [0.05, 0.1) is 5.54 Å². The van der Waals surface area contributed by atoms with Gasteiger partial charge in [0.2, 0.25) is 0 Å². The topological polar surface area (TPSA) is 26.0 Å². The number of hydrogen-bond acceptors (Lipinski definition) is 1. The Bertz CT molecular complexity index is 578. The minimum absolute atomic E-state index is 0.442. The normalized spacial score (nSPS) is 10.7. The third-order valence-corrected chi connectivity index (χ3v) is 2.73. The molecule has 2 aromatic rings. The van der Waals surface area contributed by atoms with E-state index < -0.39 is 5.54 Å². The van der Waals surface area contributed by atoms with E-state index in [4.69, 9.17) is 5.73 Å². The molecule has 0 spiro atoms. The molecule has 1 nitrogen and oxygen atoms in total. The second kappa shape index (κ2) is 5.73. The number of rotatable bonds is 2. The molecule has 19 heavy (non-hydrogen) atoms. The van der Waals surface area contributed by atoms with Gasteiger partial charge in [0, 0.05) is 5.56 Å². The maximum absolute atomic E-state index is 5.84. The molecule has 0 unspecified atom stereocenters. The van der Waals surface area contributed by atoms with Crippen LogP contribution in [0.15, 0.2) is 54.6 Å². The van der Waals surface area contributed by atoms with Crippen molar-refractivity contribution in [3.63, 3.8) is 0 Å². The minimum atomic E-state index is -0.442. The van der Waals surface area contributed by atoms with Crippen molar-refractivity contribution in [1.29, 1.82) is 0 Å². The van der Waals surface area contributed by atoms with Crippen molar-refractivity contribution in [1.82, 2.24) is 0 Å². The van der Waals surface area contributed by atoms with E-state index in [1.54, 1.807) is 0 Å². The monoisotopic (exact) mass is 249 g/mol. The highest BCUT2D eigenvalue weighted by Crippen LogP contribution is 2.10. The van der Waals surface area contributed by atoms with Crippen molar-refractivity contribution in [2.45, 2.75) is 25.8 Å². The van der Waals surface area contributed by atoms with Gasteiger partial charge in [-0.3, -0.25) is 0 Å². The molecule has 0 heterocycles. The van der Waals surface area contributed by atoms with Crippen LogP contribution >= 0.6 is 0 Å². The second-order valence-electron chi connectivity index (χ2n) is 5.33. The molecule has 0 aliphatic heterocycles. The van der Waals surface area contributed by atoms with E-state index in [2.05, 4.69) is 60.4 Å². The summed E-state index contributed by atoms with van der Waals surface area (Å²) in [7, 11) is 0. The van der Waals surface area contributed by atoms with Crippen LogP contribution in [0.3, 0.4) is 0 Å². The summed E-state index contributed by atoms with van der Waals surface area (Å²) < 4.78 is 0. The largest absolute Gasteiger partial charge is 0.316 e. The predicted octanol–water partition coefficient (Wildman–Crippen LogP) is 3.37. The van der Waals surface area contributed by atoms with E-state index in [-0.39, 0.29) is 0 Å². The standard InChI is InChI=1S/C18H19N/c1-18(2,19)13-12-15-8-10-17(11-9-15)14-16-6-4-3-5-7-16/h3-11H,14,19H2,1-2H3. The molecule has 2 N–H and O–H groups in total. The van der Waals surface area contributed by atoms with E-state index in [1.807, 2.05) is 19.9 Å². The molecule has 0 aromatic heterocycles. The van der Waals surface area contributed by atoms with Gasteiger partial charge < -0.3 is 5.73 Å². The molecule has 0 saturated carbocycles. The molecular formula is C18H19N. The van der Waals surface area contributed by atoms with Crippen LogP contribution in [0, 0.1) is 11.8 Å². The Balaban J connectivity index is 2.08. The van der Waals surface area contributed by atoms with Crippen molar-refractivity contribution in [2.75, 3.05) is 0 Å².